The molecule has 3 nitrogen and oxygen atoms in total. The second kappa shape index (κ2) is 6.14. The van der Waals surface area contributed by atoms with Gasteiger partial charge in [0, 0.05) is 12.0 Å². The Hall–Kier alpha value is -2.16. The lowest BCUT2D eigenvalue weighted by molar-refractivity contribution is -0.121. The number of benzene rings is 2. The fourth-order valence-electron chi connectivity index (χ4n) is 1.95. The Labute approximate surface area is 113 Å². The zero-order valence-corrected chi connectivity index (χ0v) is 11.3. The number of nitrogens with zero attached hydrogens (tertiary/aromatic N) is 1. The SMILES string of the molecule is CC(C)CC(=O)N/N=C/c1cccc2ccccc12. The molecule has 2 rings (SSSR count). The van der Waals surface area contributed by atoms with Crippen molar-refractivity contribution >= 4 is 22.9 Å². The molecule has 0 unspecified atom stereocenters. The summed E-state index contributed by atoms with van der Waals surface area (Å²) in [4.78, 5) is 11.5. The molecule has 0 bridgehead atoms. The summed E-state index contributed by atoms with van der Waals surface area (Å²) < 4.78 is 0. The molecule has 1 N–H and O–H groups in total. The van der Waals surface area contributed by atoms with Crippen LogP contribution in [0.4, 0.5) is 0 Å². The molecule has 0 heterocycles. The van der Waals surface area contributed by atoms with E-state index in [0.29, 0.717) is 12.3 Å². The van der Waals surface area contributed by atoms with E-state index in [1.165, 1.54) is 5.39 Å². The van der Waals surface area contributed by atoms with Gasteiger partial charge < -0.3 is 0 Å². The van der Waals surface area contributed by atoms with Gasteiger partial charge in [-0.05, 0) is 16.7 Å². The first-order valence-electron chi connectivity index (χ1n) is 6.46. The Balaban J connectivity index is 2.11. The minimum atomic E-state index is -0.0495. The molecule has 0 aliphatic carbocycles. The Morgan fingerprint density at radius 1 is 1.21 bits per heavy atom. The molecular weight excluding hydrogens is 236 g/mol. The molecule has 2 aromatic carbocycles. The van der Waals surface area contributed by atoms with E-state index in [9.17, 15) is 4.79 Å². The number of carbonyl (C=O) groups excluding carboxylic acids is 1. The summed E-state index contributed by atoms with van der Waals surface area (Å²) in [5.74, 6) is 0.291. The van der Waals surface area contributed by atoms with Crippen molar-refractivity contribution in [2.45, 2.75) is 20.3 Å². The van der Waals surface area contributed by atoms with Gasteiger partial charge in [-0.2, -0.15) is 5.10 Å². The van der Waals surface area contributed by atoms with Crippen molar-refractivity contribution in [1.82, 2.24) is 5.43 Å². The molecule has 0 aromatic heterocycles. The maximum absolute atomic E-state index is 11.5. The van der Waals surface area contributed by atoms with Gasteiger partial charge in [-0.3, -0.25) is 4.79 Å². The average molecular weight is 254 g/mol. The minimum absolute atomic E-state index is 0.0495. The lowest BCUT2D eigenvalue weighted by Gasteiger charge is -2.03. The lowest BCUT2D eigenvalue weighted by atomic mass is 10.1. The van der Waals surface area contributed by atoms with Crippen molar-refractivity contribution in [2.75, 3.05) is 0 Å². The highest BCUT2D eigenvalue weighted by Gasteiger charge is 2.02. The van der Waals surface area contributed by atoms with Gasteiger partial charge in [0.1, 0.15) is 0 Å². The molecule has 1 amide bonds. The van der Waals surface area contributed by atoms with Crippen LogP contribution in [0.2, 0.25) is 0 Å². The van der Waals surface area contributed by atoms with Crippen LogP contribution in [0.5, 0.6) is 0 Å². The van der Waals surface area contributed by atoms with Gasteiger partial charge in [-0.25, -0.2) is 5.43 Å². The van der Waals surface area contributed by atoms with Crippen LogP contribution < -0.4 is 5.43 Å². The van der Waals surface area contributed by atoms with E-state index in [1.807, 2.05) is 44.2 Å². The zero-order chi connectivity index (χ0) is 13.7. The second-order valence-electron chi connectivity index (χ2n) is 4.96. The predicted octanol–water partition coefficient (Wildman–Crippen LogP) is 3.34. The third-order valence-corrected chi connectivity index (χ3v) is 2.81. The van der Waals surface area contributed by atoms with Crippen LogP contribution in [0, 0.1) is 5.92 Å². The molecule has 0 fully saturated rings. The van der Waals surface area contributed by atoms with E-state index in [-0.39, 0.29) is 5.91 Å². The number of carbonyl (C=O) groups is 1. The smallest absolute Gasteiger partial charge is 0.240 e. The lowest BCUT2D eigenvalue weighted by Crippen LogP contribution is -2.19. The van der Waals surface area contributed by atoms with E-state index in [0.717, 1.165) is 10.9 Å². The topological polar surface area (TPSA) is 41.5 Å². The number of hydrogen-bond donors (Lipinski definition) is 1. The fourth-order valence-corrected chi connectivity index (χ4v) is 1.95. The Kier molecular flexibility index (Phi) is 4.29. The van der Waals surface area contributed by atoms with E-state index < -0.39 is 0 Å². The Morgan fingerprint density at radius 3 is 2.74 bits per heavy atom. The minimum Gasteiger partial charge on any atom is -0.273 e. The van der Waals surface area contributed by atoms with Crippen molar-refractivity contribution in [3.63, 3.8) is 0 Å². The highest BCUT2D eigenvalue weighted by molar-refractivity contribution is 5.99. The molecular formula is C16H18N2O. The summed E-state index contributed by atoms with van der Waals surface area (Å²) >= 11 is 0. The fraction of sp³-hybridized carbons (Fsp3) is 0.250. The van der Waals surface area contributed by atoms with Crippen molar-refractivity contribution in [2.24, 2.45) is 11.0 Å². The van der Waals surface area contributed by atoms with Crippen LogP contribution in [-0.2, 0) is 4.79 Å². The van der Waals surface area contributed by atoms with Crippen LogP contribution in [0.3, 0.4) is 0 Å². The van der Waals surface area contributed by atoms with Gasteiger partial charge in [0.15, 0.2) is 0 Å². The average Bonchev–Trinajstić information content (AvgIpc) is 2.38. The highest BCUT2D eigenvalue weighted by Crippen LogP contribution is 2.16. The number of rotatable bonds is 4. The van der Waals surface area contributed by atoms with Crippen molar-refractivity contribution in [3.8, 4) is 0 Å². The summed E-state index contributed by atoms with van der Waals surface area (Å²) in [6.45, 7) is 4.02. The Bertz CT molecular complexity index is 597. The molecule has 0 aliphatic heterocycles. The van der Waals surface area contributed by atoms with Crippen molar-refractivity contribution in [3.05, 3.63) is 48.0 Å². The molecule has 2 aromatic rings. The standard InChI is InChI=1S/C16H18N2O/c1-12(2)10-16(19)18-17-11-14-8-5-7-13-6-3-4-9-15(13)14/h3-9,11-12H,10H2,1-2H3,(H,18,19)/b17-11+. The van der Waals surface area contributed by atoms with Crippen LogP contribution in [-0.4, -0.2) is 12.1 Å². The van der Waals surface area contributed by atoms with Gasteiger partial charge >= 0.3 is 0 Å². The first-order chi connectivity index (χ1) is 9.16. The molecule has 98 valence electrons. The van der Waals surface area contributed by atoms with Crippen LogP contribution in [0.25, 0.3) is 10.8 Å². The van der Waals surface area contributed by atoms with Crippen LogP contribution in [0.1, 0.15) is 25.8 Å². The molecule has 19 heavy (non-hydrogen) atoms. The van der Waals surface area contributed by atoms with Gasteiger partial charge in [-0.15, -0.1) is 0 Å². The summed E-state index contributed by atoms with van der Waals surface area (Å²) in [5, 5.41) is 6.32. The van der Waals surface area contributed by atoms with E-state index >= 15 is 0 Å². The summed E-state index contributed by atoms with van der Waals surface area (Å²) in [6, 6.07) is 14.1. The van der Waals surface area contributed by atoms with E-state index in [2.05, 4.69) is 22.7 Å². The molecule has 0 aliphatic rings. The quantitative estimate of drug-likeness (QED) is 0.660. The monoisotopic (exact) mass is 254 g/mol. The Morgan fingerprint density at radius 2 is 1.95 bits per heavy atom. The second-order valence-corrected chi connectivity index (χ2v) is 4.96. The first kappa shape index (κ1) is 13.3. The van der Waals surface area contributed by atoms with E-state index in [4.69, 9.17) is 0 Å². The van der Waals surface area contributed by atoms with Crippen molar-refractivity contribution < 1.29 is 4.79 Å². The number of hydrazone groups is 1. The number of fused-ring (bicyclic) bond motifs is 1. The highest BCUT2D eigenvalue weighted by atomic mass is 16.2. The normalized spacial score (nSPS) is 11.3. The zero-order valence-electron chi connectivity index (χ0n) is 11.3. The predicted molar refractivity (Wildman–Crippen MR) is 79.1 cm³/mol. The summed E-state index contributed by atoms with van der Waals surface area (Å²) in [6.07, 6.45) is 2.19. The van der Waals surface area contributed by atoms with Gasteiger partial charge in [0.25, 0.3) is 0 Å². The molecule has 0 radical (unpaired) electrons. The number of nitrogens with one attached hydrogen (secondary N) is 1. The summed E-state index contributed by atoms with van der Waals surface area (Å²) in [7, 11) is 0. The molecule has 0 saturated carbocycles. The van der Waals surface area contributed by atoms with E-state index in [1.54, 1.807) is 6.21 Å². The maximum atomic E-state index is 11.5. The molecule has 0 spiro atoms. The molecule has 0 saturated heterocycles. The molecule has 3 heteroatoms. The van der Waals surface area contributed by atoms with Crippen LogP contribution in [0.15, 0.2) is 47.6 Å². The first-order valence-corrected chi connectivity index (χ1v) is 6.46. The van der Waals surface area contributed by atoms with Crippen molar-refractivity contribution in [1.29, 1.82) is 0 Å². The van der Waals surface area contributed by atoms with Crippen LogP contribution >= 0.6 is 0 Å². The maximum Gasteiger partial charge on any atom is 0.240 e. The van der Waals surface area contributed by atoms with Gasteiger partial charge in [0.05, 0.1) is 6.21 Å². The van der Waals surface area contributed by atoms with Gasteiger partial charge in [0.2, 0.25) is 5.91 Å². The van der Waals surface area contributed by atoms with Gasteiger partial charge in [-0.1, -0.05) is 56.3 Å². The number of amides is 1. The largest absolute Gasteiger partial charge is 0.273 e. The third kappa shape index (κ3) is 3.65. The number of hydrogen-bond acceptors (Lipinski definition) is 2. The summed E-state index contributed by atoms with van der Waals surface area (Å²) in [5.41, 5.74) is 3.56. The molecule has 0 atom stereocenters. The third-order valence-electron chi connectivity index (χ3n) is 2.81.